The highest BCUT2D eigenvalue weighted by molar-refractivity contribution is 6.30. The standard InChI is InChI=1S/C14H13ClFN3O/c15-11-2-1-3-12(14(11)16)20-13-8-17-6-10(19-13)7-18-9-4-5-9/h1-3,6,8-9,18H,4-5,7H2. The zero-order valence-electron chi connectivity index (χ0n) is 10.6. The summed E-state index contributed by atoms with van der Waals surface area (Å²) in [7, 11) is 0. The summed E-state index contributed by atoms with van der Waals surface area (Å²) < 4.78 is 19.1. The quantitative estimate of drug-likeness (QED) is 0.919. The van der Waals surface area contributed by atoms with Crippen LogP contribution in [0.1, 0.15) is 18.5 Å². The summed E-state index contributed by atoms with van der Waals surface area (Å²) in [5, 5.41) is 3.35. The molecule has 1 aromatic carbocycles. The van der Waals surface area contributed by atoms with Gasteiger partial charge in [-0.2, -0.15) is 0 Å². The van der Waals surface area contributed by atoms with E-state index < -0.39 is 5.82 Å². The largest absolute Gasteiger partial charge is 0.434 e. The second-order valence-corrected chi connectivity index (χ2v) is 5.07. The van der Waals surface area contributed by atoms with Gasteiger partial charge in [-0.05, 0) is 25.0 Å². The third kappa shape index (κ3) is 3.23. The Bertz CT molecular complexity index is 619. The zero-order chi connectivity index (χ0) is 13.9. The molecule has 104 valence electrons. The Morgan fingerprint density at radius 2 is 2.20 bits per heavy atom. The van der Waals surface area contributed by atoms with Crippen molar-refractivity contribution >= 4 is 11.6 Å². The van der Waals surface area contributed by atoms with Crippen LogP contribution in [-0.2, 0) is 6.54 Å². The van der Waals surface area contributed by atoms with Crippen LogP contribution in [0.15, 0.2) is 30.6 Å². The Morgan fingerprint density at radius 3 is 3.00 bits per heavy atom. The third-order valence-corrected chi connectivity index (χ3v) is 3.23. The van der Waals surface area contributed by atoms with Crippen LogP contribution in [0.5, 0.6) is 11.6 Å². The van der Waals surface area contributed by atoms with Crippen molar-refractivity contribution < 1.29 is 9.13 Å². The lowest BCUT2D eigenvalue weighted by atomic mass is 10.3. The molecule has 0 saturated heterocycles. The number of aromatic nitrogens is 2. The number of benzene rings is 1. The van der Waals surface area contributed by atoms with Gasteiger partial charge >= 0.3 is 0 Å². The van der Waals surface area contributed by atoms with Gasteiger partial charge in [0.05, 0.1) is 16.9 Å². The predicted molar refractivity (Wildman–Crippen MR) is 73.4 cm³/mol. The van der Waals surface area contributed by atoms with Crippen LogP contribution in [0.4, 0.5) is 4.39 Å². The second kappa shape index (κ2) is 5.73. The number of halogens is 2. The molecule has 1 N–H and O–H groups in total. The Labute approximate surface area is 121 Å². The van der Waals surface area contributed by atoms with E-state index in [0.29, 0.717) is 12.6 Å². The molecule has 0 spiro atoms. The first-order valence-electron chi connectivity index (χ1n) is 6.38. The maximum Gasteiger partial charge on any atom is 0.238 e. The van der Waals surface area contributed by atoms with Crippen molar-refractivity contribution in [3.63, 3.8) is 0 Å². The van der Waals surface area contributed by atoms with Gasteiger partial charge < -0.3 is 10.1 Å². The van der Waals surface area contributed by atoms with E-state index in [1.165, 1.54) is 31.2 Å². The summed E-state index contributed by atoms with van der Waals surface area (Å²) in [6, 6.07) is 5.17. The molecule has 1 aliphatic carbocycles. The summed E-state index contributed by atoms with van der Waals surface area (Å²) in [6.45, 7) is 0.632. The normalized spacial score (nSPS) is 14.3. The van der Waals surface area contributed by atoms with Crippen LogP contribution in [-0.4, -0.2) is 16.0 Å². The lowest BCUT2D eigenvalue weighted by Gasteiger charge is -2.08. The highest BCUT2D eigenvalue weighted by Gasteiger charge is 2.20. The van der Waals surface area contributed by atoms with Crippen LogP contribution in [0, 0.1) is 5.82 Å². The topological polar surface area (TPSA) is 47.0 Å². The van der Waals surface area contributed by atoms with Crippen molar-refractivity contribution in [3.05, 3.63) is 47.1 Å². The van der Waals surface area contributed by atoms with Crippen molar-refractivity contribution in [2.75, 3.05) is 0 Å². The minimum absolute atomic E-state index is 0.0158. The van der Waals surface area contributed by atoms with Crippen molar-refractivity contribution in [3.8, 4) is 11.6 Å². The molecule has 0 bridgehead atoms. The van der Waals surface area contributed by atoms with Crippen LogP contribution < -0.4 is 10.1 Å². The number of ether oxygens (including phenoxy) is 1. The van der Waals surface area contributed by atoms with Gasteiger partial charge in [-0.3, -0.25) is 4.98 Å². The van der Waals surface area contributed by atoms with Crippen molar-refractivity contribution in [1.82, 2.24) is 15.3 Å². The lowest BCUT2D eigenvalue weighted by Crippen LogP contribution is -2.16. The Balaban J connectivity index is 1.72. The van der Waals surface area contributed by atoms with E-state index in [4.69, 9.17) is 16.3 Å². The molecule has 1 aliphatic rings. The molecule has 0 atom stereocenters. The Morgan fingerprint density at radius 1 is 1.35 bits per heavy atom. The summed E-state index contributed by atoms with van der Waals surface area (Å²) in [5.74, 6) is -0.308. The van der Waals surface area contributed by atoms with E-state index in [1.54, 1.807) is 12.3 Å². The highest BCUT2D eigenvalue weighted by Crippen LogP contribution is 2.27. The average molecular weight is 294 g/mol. The van der Waals surface area contributed by atoms with Crippen molar-refractivity contribution in [2.45, 2.75) is 25.4 Å². The molecule has 2 aromatic rings. The molecule has 20 heavy (non-hydrogen) atoms. The van der Waals surface area contributed by atoms with E-state index in [9.17, 15) is 4.39 Å². The van der Waals surface area contributed by atoms with Crippen LogP contribution in [0.2, 0.25) is 5.02 Å². The number of nitrogens with one attached hydrogen (secondary N) is 1. The van der Waals surface area contributed by atoms with Gasteiger partial charge in [0.25, 0.3) is 0 Å². The fourth-order valence-electron chi connectivity index (χ4n) is 1.73. The third-order valence-electron chi connectivity index (χ3n) is 2.94. The summed E-state index contributed by atoms with van der Waals surface area (Å²) in [4.78, 5) is 8.33. The maximum absolute atomic E-state index is 13.7. The SMILES string of the molecule is Fc1c(Cl)cccc1Oc1cncc(CNC2CC2)n1. The molecule has 0 aliphatic heterocycles. The first kappa shape index (κ1) is 13.3. The minimum atomic E-state index is -0.600. The van der Waals surface area contributed by atoms with E-state index >= 15 is 0 Å². The molecule has 4 nitrogen and oxygen atoms in total. The Kier molecular flexibility index (Phi) is 3.80. The molecule has 1 heterocycles. The smallest absolute Gasteiger partial charge is 0.238 e. The second-order valence-electron chi connectivity index (χ2n) is 4.66. The molecule has 1 fully saturated rings. The first-order chi connectivity index (χ1) is 9.72. The average Bonchev–Trinajstić information content (AvgIpc) is 3.26. The number of hydrogen-bond acceptors (Lipinski definition) is 4. The molecule has 0 radical (unpaired) electrons. The van der Waals surface area contributed by atoms with E-state index in [1.807, 2.05) is 0 Å². The van der Waals surface area contributed by atoms with Gasteiger partial charge in [0, 0.05) is 18.8 Å². The van der Waals surface area contributed by atoms with Crippen LogP contribution >= 0.6 is 11.6 Å². The van der Waals surface area contributed by atoms with Crippen molar-refractivity contribution in [1.29, 1.82) is 0 Å². The van der Waals surface area contributed by atoms with E-state index in [-0.39, 0.29) is 16.7 Å². The van der Waals surface area contributed by atoms with Gasteiger partial charge in [-0.15, -0.1) is 0 Å². The molecular formula is C14H13ClFN3O. The Hall–Kier alpha value is -1.72. The van der Waals surface area contributed by atoms with E-state index in [2.05, 4.69) is 15.3 Å². The van der Waals surface area contributed by atoms with E-state index in [0.717, 1.165) is 5.69 Å². The molecular weight excluding hydrogens is 281 g/mol. The summed E-state index contributed by atoms with van der Waals surface area (Å²) >= 11 is 5.70. The maximum atomic E-state index is 13.7. The molecule has 3 rings (SSSR count). The fourth-order valence-corrected chi connectivity index (χ4v) is 1.90. The van der Waals surface area contributed by atoms with Gasteiger partial charge in [0.15, 0.2) is 11.6 Å². The van der Waals surface area contributed by atoms with Crippen molar-refractivity contribution in [2.24, 2.45) is 0 Å². The van der Waals surface area contributed by atoms with Gasteiger partial charge in [-0.25, -0.2) is 9.37 Å². The van der Waals surface area contributed by atoms with Gasteiger partial charge in [0.2, 0.25) is 5.88 Å². The number of nitrogens with zero attached hydrogens (tertiary/aromatic N) is 2. The fraction of sp³-hybridized carbons (Fsp3) is 0.286. The molecule has 0 amide bonds. The minimum Gasteiger partial charge on any atom is -0.434 e. The number of rotatable bonds is 5. The molecule has 1 aromatic heterocycles. The summed E-state index contributed by atoms with van der Waals surface area (Å²) in [6.07, 6.45) is 5.52. The monoisotopic (exact) mass is 293 g/mol. The van der Waals surface area contributed by atoms with Crippen LogP contribution in [0.25, 0.3) is 0 Å². The number of hydrogen-bond donors (Lipinski definition) is 1. The predicted octanol–water partition coefficient (Wildman–Crippen LogP) is 3.31. The lowest BCUT2D eigenvalue weighted by molar-refractivity contribution is 0.423. The molecule has 1 saturated carbocycles. The van der Waals surface area contributed by atoms with Gasteiger partial charge in [0.1, 0.15) is 0 Å². The van der Waals surface area contributed by atoms with Gasteiger partial charge in [-0.1, -0.05) is 17.7 Å². The zero-order valence-corrected chi connectivity index (χ0v) is 11.4. The summed E-state index contributed by atoms with van der Waals surface area (Å²) in [5.41, 5.74) is 0.761. The molecule has 6 heteroatoms. The molecule has 0 unspecified atom stereocenters. The highest BCUT2D eigenvalue weighted by atomic mass is 35.5. The van der Waals surface area contributed by atoms with Crippen LogP contribution in [0.3, 0.4) is 0 Å². The first-order valence-corrected chi connectivity index (χ1v) is 6.76.